The molecule has 0 saturated carbocycles. The largest absolute Gasteiger partial charge is 0.399 e. The van der Waals surface area contributed by atoms with Gasteiger partial charge in [0, 0.05) is 16.3 Å². The fourth-order valence-electron chi connectivity index (χ4n) is 2.69. The molecule has 0 heterocycles. The smallest absolute Gasteiger partial charge is 0.251 e. The first-order chi connectivity index (χ1) is 9.63. The highest BCUT2D eigenvalue weighted by atomic mass is 35.5. The molecule has 0 saturated heterocycles. The number of nitrogens with two attached hydrogens (primary N) is 1. The molecule has 1 atom stereocenters. The van der Waals surface area contributed by atoms with Crippen LogP contribution in [-0.4, -0.2) is 5.91 Å². The van der Waals surface area contributed by atoms with Crippen molar-refractivity contribution in [2.75, 3.05) is 5.73 Å². The van der Waals surface area contributed by atoms with Gasteiger partial charge in [0.05, 0.1) is 6.04 Å². The van der Waals surface area contributed by atoms with Gasteiger partial charge in [0.15, 0.2) is 0 Å². The first-order valence-electron chi connectivity index (χ1n) is 6.58. The Kier molecular flexibility index (Phi) is 3.36. The Labute approximate surface area is 122 Å². The minimum Gasteiger partial charge on any atom is -0.399 e. The van der Waals surface area contributed by atoms with E-state index in [1.165, 1.54) is 11.1 Å². The van der Waals surface area contributed by atoms with Gasteiger partial charge in [-0.25, -0.2) is 0 Å². The summed E-state index contributed by atoms with van der Waals surface area (Å²) in [5.41, 5.74) is 9.23. The number of carbonyl (C=O) groups is 1. The van der Waals surface area contributed by atoms with Crippen LogP contribution in [0, 0.1) is 0 Å². The minimum absolute atomic E-state index is 0.0684. The maximum atomic E-state index is 12.3. The second-order valence-corrected chi connectivity index (χ2v) is 5.47. The third kappa shape index (κ3) is 2.49. The molecule has 0 radical (unpaired) electrons. The van der Waals surface area contributed by atoms with Gasteiger partial charge in [-0.3, -0.25) is 4.79 Å². The zero-order valence-electron chi connectivity index (χ0n) is 10.9. The van der Waals surface area contributed by atoms with Crippen LogP contribution in [0.1, 0.15) is 33.9 Å². The van der Waals surface area contributed by atoms with E-state index >= 15 is 0 Å². The molecule has 0 spiro atoms. The number of benzene rings is 2. The molecule has 0 aromatic heterocycles. The van der Waals surface area contributed by atoms with Crippen LogP contribution in [-0.2, 0) is 6.42 Å². The van der Waals surface area contributed by atoms with Crippen LogP contribution >= 0.6 is 11.6 Å². The number of halogens is 1. The Balaban J connectivity index is 1.80. The molecule has 3 N–H and O–H groups in total. The molecule has 0 aliphatic heterocycles. The van der Waals surface area contributed by atoms with E-state index in [0.717, 1.165) is 12.8 Å². The van der Waals surface area contributed by atoms with E-state index in [1.807, 2.05) is 12.1 Å². The monoisotopic (exact) mass is 286 g/mol. The maximum Gasteiger partial charge on any atom is 0.251 e. The first kappa shape index (κ1) is 13.0. The molecular formula is C16H15ClN2O. The molecule has 1 aliphatic rings. The molecule has 2 aromatic rings. The number of nitrogen functional groups attached to an aromatic ring is 1. The minimum atomic E-state index is -0.138. The average molecular weight is 287 g/mol. The highest BCUT2D eigenvalue weighted by molar-refractivity contribution is 6.31. The molecule has 0 bridgehead atoms. The number of aryl methyl sites for hydroxylation is 1. The van der Waals surface area contributed by atoms with E-state index in [1.54, 1.807) is 18.2 Å². The predicted molar refractivity (Wildman–Crippen MR) is 80.8 cm³/mol. The molecule has 3 rings (SSSR count). The zero-order chi connectivity index (χ0) is 14.1. The van der Waals surface area contributed by atoms with Crippen molar-refractivity contribution in [3.63, 3.8) is 0 Å². The van der Waals surface area contributed by atoms with Crippen molar-refractivity contribution in [1.82, 2.24) is 5.32 Å². The van der Waals surface area contributed by atoms with Gasteiger partial charge < -0.3 is 11.1 Å². The van der Waals surface area contributed by atoms with Crippen molar-refractivity contribution < 1.29 is 4.79 Å². The first-order valence-corrected chi connectivity index (χ1v) is 6.96. The molecule has 1 amide bonds. The van der Waals surface area contributed by atoms with Crippen molar-refractivity contribution in [3.05, 3.63) is 64.2 Å². The van der Waals surface area contributed by atoms with E-state index in [-0.39, 0.29) is 11.9 Å². The summed E-state index contributed by atoms with van der Waals surface area (Å²) in [4.78, 5) is 12.3. The standard InChI is InChI=1S/C16H15ClN2O/c17-12-7-11(8-13(18)9-12)16(20)19-15-6-5-10-3-1-2-4-14(10)15/h1-4,7-9,15H,5-6,18H2,(H,19,20). The summed E-state index contributed by atoms with van der Waals surface area (Å²) >= 11 is 5.93. The summed E-state index contributed by atoms with van der Waals surface area (Å²) in [5.74, 6) is -0.138. The summed E-state index contributed by atoms with van der Waals surface area (Å²) in [6.07, 6.45) is 1.93. The quantitative estimate of drug-likeness (QED) is 0.832. The van der Waals surface area contributed by atoms with Crippen LogP contribution in [0.15, 0.2) is 42.5 Å². The van der Waals surface area contributed by atoms with Gasteiger partial charge >= 0.3 is 0 Å². The van der Waals surface area contributed by atoms with Crippen LogP contribution in [0.5, 0.6) is 0 Å². The number of hydrogen-bond donors (Lipinski definition) is 2. The lowest BCUT2D eigenvalue weighted by atomic mass is 10.1. The van der Waals surface area contributed by atoms with Gasteiger partial charge in [-0.15, -0.1) is 0 Å². The lowest BCUT2D eigenvalue weighted by Crippen LogP contribution is -2.27. The van der Waals surface area contributed by atoms with Crippen molar-refractivity contribution in [2.24, 2.45) is 0 Å². The average Bonchev–Trinajstić information content (AvgIpc) is 2.81. The molecule has 2 aromatic carbocycles. The predicted octanol–water partition coefficient (Wildman–Crippen LogP) is 3.34. The highest BCUT2D eigenvalue weighted by Gasteiger charge is 2.23. The summed E-state index contributed by atoms with van der Waals surface area (Å²) in [6.45, 7) is 0. The summed E-state index contributed by atoms with van der Waals surface area (Å²) in [7, 11) is 0. The van der Waals surface area contributed by atoms with E-state index in [4.69, 9.17) is 17.3 Å². The molecule has 102 valence electrons. The number of fused-ring (bicyclic) bond motifs is 1. The van der Waals surface area contributed by atoms with Crippen LogP contribution in [0.2, 0.25) is 5.02 Å². The Hall–Kier alpha value is -2.00. The fraction of sp³-hybridized carbons (Fsp3) is 0.188. The number of anilines is 1. The van der Waals surface area contributed by atoms with Crippen LogP contribution in [0.3, 0.4) is 0 Å². The van der Waals surface area contributed by atoms with E-state index in [9.17, 15) is 4.79 Å². The fourth-order valence-corrected chi connectivity index (χ4v) is 2.94. The number of carbonyl (C=O) groups excluding carboxylic acids is 1. The molecular weight excluding hydrogens is 272 g/mol. The van der Waals surface area contributed by atoms with E-state index in [2.05, 4.69) is 17.4 Å². The lowest BCUT2D eigenvalue weighted by molar-refractivity contribution is 0.0937. The molecule has 3 nitrogen and oxygen atoms in total. The summed E-state index contributed by atoms with van der Waals surface area (Å²) < 4.78 is 0. The Bertz CT molecular complexity index is 649. The number of nitrogens with one attached hydrogen (secondary N) is 1. The van der Waals surface area contributed by atoms with E-state index in [0.29, 0.717) is 16.3 Å². The van der Waals surface area contributed by atoms with E-state index < -0.39 is 0 Å². The second-order valence-electron chi connectivity index (χ2n) is 5.04. The molecule has 1 unspecified atom stereocenters. The van der Waals surface area contributed by atoms with Crippen molar-refractivity contribution in [2.45, 2.75) is 18.9 Å². The number of hydrogen-bond acceptors (Lipinski definition) is 2. The Morgan fingerprint density at radius 1 is 1.25 bits per heavy atom. The summed E-state index contributed by atoms with van der Waals surface area (Å²) in [6, 6.07) is 13.2. The van der Waals surface area contributed by atoms with Gasteiger partial charge in [-0.05, 0) is 42.2 Å². The lowest BCUT2D eigenvalue weighted by Gasteiger charge is -2.14. The molecule has 0 fully saturated rings. The van der Waals surface area contributed by atoms with Crippen LogP contribution in [0.4, 0.5) is 5.69 Å². The Morgan fingerprint density at radius 3 is 2.85 bits per heavy atom. The molecule has 20 heavy (non-hydrogen) atoms. The van der Waals surface area contributed by atoms with Crippen molar-refractivity contribution in [3.8, 4) is 0 Å². The maximum absolute atomic E-state index is 12.3. The normalized spacial score (nSPS) is 16.8. The molecule has 4 heteroatoms. The second kappa shape index (κ2) is 5.17. The van der Waals surface area contributed by atoms with Gasteiger partial charge in [0.2, 0.25) is 0 Å². The number of rotatable bonds is 2. The summed E-state index contributed by atoms with van der Waals surface area (Å²) in [5, 5.41) is 3.53. The van der Waals surface area contributed by atoms with Crippen LogP contribution < -0.4 is 11.1 Å². The van der Waals surface area contributed by atoms with Gasteiger partial charge in [-0.1, -0.05) is 35.9 Å². The third-order valence-corrected chi connectivity index (χ3v) is 3.84. The zero-order valence-corrected chi connectivity index (χ0v) is 11.7. The SMILES string of the molecule is Nc1cc(Cl)cc(C(=O)NC2CCc3ccccc32)c1. The topological polar surface area (TPSA) is 55.1 Å². The van der Waals surface area contributed by atoms with Gasteiger partial charge in [0.1, 0.15) is 0 Å². The van der Waals surface area contributed by atoms with Crippen molar-refractivity contribution >= 4 is 23.2 Å². The number of amides is 1. The van der Waals surface area contributed by atoms with Gasteiger partial charge in [0.25, 0.3) is 5.91 Å². The molecule has 1 aliphatic carbocycles. The highest BCUT2D eigenvalue weighted by Crippen LogP contribution is 2.31. The van der Waals surface area contributed by atoms with Gasteiger partial charge in [-0.2, -0.15) is 0 Å². The third-order valence-electron chi connectivity index (χ3n) is 3.62. The van der Waals surface area contributed by atoms with Crippen molar-refractivity contribution in [1.29, 1.82) is 0 Å². The van der Waals surface area contributed by atoms with Crippen LogP contribution in [0.25, 0.3) is 0 Å². The Morgan fingerprint density at radius 2 is 2.05 bits per heavy atom.